The third-order valence-corrected chi connectivity index (χ3v) is 5.06. The number of halogens is 1. The topological polar surface area (TPSA) is 72.0 Å². The van der Waals surface area contributed by atoms with Gasteiger partial charge < -0.3 is 15.4 Å². The lowest BCUT2D eigenvalue weighted by molar-refractivity contribution is 0.415. The molecule has 2 heterocycles. The lowest BCUT2D eigenvalue weighted by Gasteiger charge is -2.11. The second-order valence-corrected chi connectivity index (χ2v) is 7.14. The zero-order valence-electron chi connectivity index (χ0n) is 13.7. The molecular formula is C18H14BrN5OS. The number of nitrogens with one attached hydrogen (secondary N) is 2. The first kappa shape index (κ1) is 16.7. The summed E-state index contributed by atoms with van der Waals surface area (Å²) in [5, 5.41) is 6.51. The van der Waals surface area contributed by atoms with Crippen molar-refractivity contribution in [1.29, 1.82) is 0 Å². The third-order valence-electron chi connectivity index (χ3n) is 3.68. The fraction of sp³-hybridized carbons (Fsp3) is 0.0556. The van der Waals surface area contributed by atoms with Crippen molar-refractivity contribution >= 4 is 60.6 Å². The Morgan fingerprint density at radius 2 is 1.81 bits per heavy atom. The average Bonchev–Trinajstić information content (AvgIpc) is 3.13. The van der Waals surface area contributed by atoms with Crippen LogP contribution in [0.4, 0.5) is 23.1 Å². The highest BCUT2D eigenvalue weighted by Gasteiger charge is 2.07. The monoisotopic (exact) mass is 427 g/mol. The van der Waals surface area contributed by atoms with Gasteiger partial charge in [-0.1, -0.05) is 0 Å². The number of anilines is 4. The number of thiazole rings is 1. The summed E-state index contributed by atoms with van der Waals surface area (Å²) in [6.07, 6.45) is 1.71. The minimum absolute atomic E-state index is 0.507. The van der Waals surface area contributed by atoms with Crippen molar-refractivity contribution in [2.45, 2.75) is 0 Å². The van der Waals surface area contributed by atoms with Crippen molar-refractivity contribution < 1.29 is 4.74 Å². The normalized spacial score (nSPS) is 10.7. The minimum Gasteiger partial charge on any atom is -0.497 e. The summed E-state index contributed by atoms with van der Waals surface area (Å²) in [4.78, 5) is 13.2. The number of aromatic nitrogens is 3. The van der Waals surface area contributed by atoms with Gasteiger partial charge in [0.15, 0.2) is 0 Å². The molecule has 0 aliphatic heterocycles. The summed E-state index contributed by atoms with van der Waals surface area (Å²) in [7, 11) is 1.64. The largest absolute Gasteiger partial charge is 0.497 e. The first-order valence-corrected chi connectivity index (χ1v) is 9.42. The molecule has 0 amide bonds. The zero-order valence-corrected chi connectivity index (χ0v) is 16.1. The van der Waals surface area contributed by atoms with Gasteiger partial charge in [0.05, 0.1) is 27.3 Å². The number of ether oxygens (including phenoxy) is 1. The second kappa shape index (κ2) is 7.27. The number of fused-ring (bicyclic) bond motifs is 1. The van der Waals surface area contributed by atoms with E-state index in [1.54, 1.807) is 24.6 Å². The van der Waals surface area contributed by atoms with Gasteiger partial charge in [-0.2, -0.15) is 4.98 Å². The molecule has 0 saturated carbocycles. The Hall–Kier alpha value is -2.71. The van der Waals surface area contributed by atoms with Gasteiger partial charge in [0.1, 0.15) is 11.6 Å². The molecule has 0 saturated heterocycles. The molecule has 0 fully saturated rings. The predicted molar refractivity (Wildman–Crippen MR) is 109 cm³/mol. The van der Waals surface area contributed by atoms with Crippen molar-refractivity contribution in [2.24, 2.45) is 0 Å². The van der Waals surface area contributed by atoms with Gasteiger partial charge in [-0.3, -0.25) is 0 Å². The molecule has 6 nitrogen and oxygen atoms in total. The van der Waals surface area contributed by atoms with E-state index in [0.717, 1.165) is 31.8 Å². The Balaban J connectivity index is 1.56. The number of benzene rings is 2. The van der Waals surface area contributed by atoms with E-state index in [1.165, 1.54) is 0 Å². The van der Waals surface area contributed by atoms with Crippen molar-refractivity contribution in [3.63, 3.8) is 0 Å². The van der Waals surface area contributed by atoms with E-state index in [4.69, 9.17) is 4.74 Å². The average molecular weight is 428 g/mol. The first-order chi connectivity index (χ1) is 12.7. The highest BCUT2D eigenvalue weighted by Crippen LogP contribution is 2.27. The lowest BCUT2D eigenvalue weighted by Crippen LogP contribution is -2.01. The summed E-state index contributed by atoms with van der Waals surface area (Å²) in [6.45, 7) is 0. The van der Waals surface area contributed by atoms with Crippen LogP contribution in [-0.2, 0) is 0 Å². The molecule has 4 aromatic rings. The van der Waals surface area contributed by atoms with E-state index < -0.39 is 0 Å². The molecule has 26 heavy (non-hydrogen) atoms. The van der Waals surface area contributed by atoms with Gasteiger partial charge >= 0.3 is 0 Å². The molecule has 130 valence electrons. The van der Waals surface area contributed by atoms with E-state index in [0.29, 0.717) is 11.8 Å². The first-order valence-electron chi connectivity index (χ1n) is 7.75. The maximum absolute atomic E-state index is 5.18. The molecule has 0 aliphatic carbocycles. The van der Waals surface area contributed by atoms with Crippen LogP contribution in [0.1, 0.15) is 0 Å². The molecule has 0 bridgehead atoms. The van der Waals surface area contributed by atoms with Crippen LogP contribution in [0.2, 0.25) is 0 Å². The molecule has 0 atom stereocenters. The van der Waals surface area contributed by atoms with Crippen LogP contribution in [0, 0.1) is 0 Å². The standard InChI is InChI=1S/C18H14BrN5OS/c1-25-13-5-2-11(3-6-13)22-17-14(19)9-20-18(24-17)23-12-4-7-15-16(8-12)26-10-21-15/h2-10H,1H3,(H2,20,22,23,24). The highest BCUT2D eigenvalue weighted by molar-refractivity contribution is 9.10. The Labute approximate surface area is 162 Å². The molecule has 0 unspecified atom stereocenters. The third kappa shape index (κ3) is 3.61. The quantitative estimate of drug-likeness (QED) is 0.447. The Kier molecular flexibility index (Phi) is 4.68. The lowest BCUT2D eigenvalue weighted by atomic mass is 10.3. The van der Waals surface area contributed by atoms with Gasteiger partial charge in [0, 0.05) is 17.6 Å². The predicted octanol–water partition coefficient (Wildman–Crippen LogP) is 5.34. The second-order valence-electron chi connectivity index (χ2n) is 5.40. The summed E-state index contributed by atoms with van der Waals surface area (Å²) < 4.78 is 7.07. The summed E-state index contributed by atoms with van der Waals surface area (Å²) in [5.41, 5.74) is 4.64. The number of rotatable bonds is 5. The number of methoxy groups -OCH3 is 1. The van der Waals surface area contributed by atoms with Gasteiger partial charge in [-0.15, -0.1) is 11.3 Å². The summed E-state index contributed by atoms with van der Waals surface area (Å²) in [6, 6.07) is 13.6. The molecule has 8 heteroatoms. The smallest absolute Gasteiger partial charge is 0.229 e. The maximum Gasteiger partial charge on any atom is 0.229 e. The van der Waals surface area contributed by atoms with E-state index >= 15 is 0 Å². The van der Waals surface area contributed by atoms with Crippen LogP contribution in [0.5, 0.6) is 5.75 Å². The molecule has 2 N–H and O–H groups in total. The Morgan fingerprint density at radius 3 is 2.62 bits per heavy atom. The van der Waals surface area contributed by atoms with Gasteiger partial charge in [0.25, 0.3) is 0 Å². The van der Waals surface area contributed by atoms with E-state index in [2.05, 4.69) is 41.5 Å². The summed E-state index contributed by atoms with van der Waals surface area (Å²) >= 11 is 5.08. The van der Waals surface area contributed by atoms with Crippen molar-refractivity contribution in [2.75, 3.05) is 17.7 Å². The van der Waals surface area contributed by atoms with Gasteiger partial charge in [-0.05, 0) is 58.4 Å². The van der Waals surface area contributed by atoms with Crippen LogP contribution >= 0.6 is 27.3 Å². The molecule has 0 spiro atoms. The van der Waals surface area contributed by atoms with Crippen molar-refractivity contribution in [3.05, 3.63) is 58.6 Å². The fourth-order valence-corrected chi connectivity index (χ4v) is 3.39. The molecule has 0 radical (unpaired) electrons. The van der Waals surface area contributed by atoms with Crippen LogP contribution < -0.4 is 15.4 Å². The van der Waals surface area contributed by atoms with Gasteiger partial charge in [0.2, 0.25) is 5.95 Å². The van der Waals surface area contributed by atoms with Crippen molar-refractivity contribution in [3.8, 4) is 5.75 Å². The SMILES string of the molecule is COc1ccc(Nc2nc(Nc3ccc4ncsc4c3)ncc2Br)cc1. The van der Waals surface area contributed by atoms with E-state index in [9.17, 15) is 0 Å². The van der Waals surface area contributed by atoms with Crippen LogP contribution in [-0.4, -0.2) is 22.1 Å². The highest BCUT2D eigenvalue weighted by atomic mass is 79.9. The Morgan fingerprint density at radius 1 is 1.00 bits per heavy atom. The van der Waals surface area contributed by atoms with Gasteiger partial charge in [-0.25, -0.2) is 9.97 Å². The molecule has 2 aromatic carbocycles. The Bertz CT molecular complexity index is 1050. The summed E-state index contributed by atoms with van der Waals surface area (Å²) in [5.74, 6) is 1.98. The number of hydrogen-bond acceptors (Lipinski definition) is 7. The van der Waals surface area contributed by atoms with Crippen molar-refractivity contribution in [1.82, 2.24) is 15.0 Å². The number of nitrogens with zero attached hydrogens (tertiary/aromatic N) is 3. The van der Waals surface area contributed by atoms with E-state index in [-0.39, 0.29) is 0 Å². The fourth-order valence-electron chi connectivity index (χ4n) is 2.39. The van der Waals surface area contributed by atoms with Crippen LogP contribution in [0.15, 0.2) is 58.6 Å². The van der Waals surface area contributed by atoms with Crippen LogP contribution in [0.3, 0.4) is 0 Å². The zero-order chi connectivity index (χ0) is 17.9. The molecule has 2 aromatic heterocycles. The van der Waals surface area contributed by atoms with E-state index in [1.807, 2.05) is 48.0 Å². The molecule has 0 aliphatic rings. The molecule has 4 rings (SSSR count). The minimum atomic E-state index is 0.507. The van der Waals surface area contributed by atoms with Crippen LogP contribution in [0.25, 0.3) is 10.2 Å². The maximum atomic E-state index is 5.18. The number of hydrogen-bond donors (Lipinski definition) is 2. The molecular weight excluding hydrogens is 414 g/mol.